The topological polar surface area (TPSA) is 58.6 Å². The van der Waals surface area contributed by atoms with Gasteiger partial charge in [-0.25, -0.2) is 0 Å². The van der Waals surface area contributed by atoms with Crippen LogP contribution in [-0.2, 0) is 9.59 Å². The van der Waals surface area contributed by atoms with Crippen molar-refractivity contribution < 1.29 is 14.3 Å². The SMILES string of the molecule is CCOc1ccc(SCC(=O)NC2CCN(C(C)=O)CC2)cc1. The molecule has 1 heterocycles. The highest BCUT2D eigenvalue weighted by Gasteiger charge is 2.21. The Hall–Kier alpha value is -1.69. The second-order valence-electron chi connectivity index (χ2n) is 5.54. The number of benzene rings is 1. The molecule has 2 rings (SSSR count). The van der Waals surface area contributed by atoms with Crippen molar-refractivity contribution in [3.05, 3.63) is 24.3 Å². The van der Waals surface area contributed by atoms with Gasteiger partial charge in [0.05, 0.1) is 12.4 Å². The van der Waals surface area contributed by atoms with Crippen molar-refractivity contribution in [1.82, 2.24) is 10.2 Å². The first-order valence-corrected chi connectivity index (χ1v) is 8.97. The summed E-state index contributed by atoms with van der Waals surface area (Å²) >= 11 is 1.52. The Labute approximate surface area is 141 Å². The molecule has 0 saturated carbocycles. The number of ether oxygens (including phenoxy) is 1. The molecule has 1 aliphatic rings. The lowest BCUT2D eigenvalue weighted by Gasteiger charge is -2.31. The smallest absolute Gasteiger partial charge is 0.230 e. The van der Waals surface area contributed by atoms with E-state index in [4.69, 9.17) is 4.74 Å². The summed E-state index contributed by atoms with van der Waals surface area (Å²) in [5.41, 5.74) is 0. The van der Waals surface area contributed by atoms with Crippen LogP contribution in [0.2, 0.25) is 0 Å². The van der Waals surface area contributed by atoms with Crippen molar-refractivity contribution in [3.8, 4) is 5.75 Å². The Morgan fingerprint density at radius 3 is 2.48 bits per heavy atom. The standard InChI is InChI=1S/C17H24N2O3S/c1-3-22-15-4-6-16(7-5-15)23-12-17(21)18-14-8-10-19(11-9-14)13(2)20/h4-7,14H,3,8-12H2,1-2H3,(H,18,21). The van der Waals surface area contributed by atoms with Crippen LogP contribution in [0.1, 0.15) is 26.7 Å². The molecular formula is C17H24N2O3S. The number of amides is 2. The van der Waals surface area contributed by atoms with Crippen LogP contribution in [0, 0.1) is 0 Å². The van der Waals surface area contributed by atoms with Crippen molar-refractivity contribution in [2.45, 2.75) is 37.6 Å². The third-order valence-corrected chi connectivity index (χ3v) is 4.82. The predicted molar refractivity (Wildman–Crippen MR) is 91.8 cm³/mol. The minimum Gasteiger partial charge on any atom is -0.494 e. The summed E-state index contributed by atoms with van der Waals surface area (Å²) in [5, 5.41) is 3.06. The largest absolute Gasteiger partial charge is 0.494 e. The van der Waals surface area contributed by atoms with Gasteiger partial charge >= 0.3 is 0 Å². The third-order valence-electron chi connectivity index (χ3n) is 3.81. The maximum Gasteiger partial charge on any atom is 0.230 e. The molecule has 0 spiro atoms. The molecule has 0 atom stereocenters. The van der Waals surface area contributed by atoms with Gasteiger partial charge in [0.1, 0.15) is 5.75 Å². The summed E-state index contributed by atoms with van der Waals surface area (Å²) in [6.45, 7) is 5.65. The molecule has 0 aromatic heterocycles. The number of piperidine rings is 1. The summed E-state index contributed by atoms with van der Waals surface area (Å²) in [4.78, 5) is 26.2. The summed E-state index contributed by atoms with van der Waals surface area (Å²) < 4.78 is 5.40. The lowest BCUT2D eigenvalue weighted by Crippen LogP contribution is -2.46. The molecule has 1 aliphatic heterocycles. The lowest BCUT2D eigenvalue weighted by molar-refractivity contribution is -0.130. The number of nitrogens with one attached hydrogen (secondary N) is 1. The van der Waals surface area contributed by atoms with Crippen LogP contribution in [-0.4, -0.2) is 48.2 Å². The van der Waals surface area contributed by atoms with Gasteiger partial charge in [0.25, 0.3) is 0 Å². The third kappa shape index (κ3) is 5.78. The van der Waals surface area contributed by atoms with Crippen molar-refractivity contribution in [1.29, 1.82) is 0 Å². The zero-order chi connectivity index (χ0) is 16.7. The zero-order valence-electron chi connectivity index (χ0n) is 13.7. The number of hydrogen-bond acceptors (Lipinski definition) is 4. The van der Waals surface area contributed by atoms with Crippen LogP contribution in [0.3, 0.4) is 0 Å². The first-order valence-electron chi connectivity index (χ1n) is 7.99. The van der Waals surface area contributed by atoms with Gasteiger partial charge in [0, 0.05) is 31.0 Å². The first kappa shape index (κ1) is 17.7. The van der Waals surface area contributed by atoms with E-state index in [1.165, 1.54) is 11.8 Å². The molecule has 1 fully saturated rings. The first-order chi connectivity index (χ1) is 11.1. The highest BCUT2D eigenvalue weighted by Crippen LogP contribution is 2.21. The quantitative estimate of drug-likeness (QED) is 0.810. The second kappa shape index (κ2) is 8.82. The van der Waals surface area contributed by atoms with E-state index in [0.717, 1.165) is 36.6 Å². The molecule has 23 heavy (non-hydrogen) atoms. The fraction of sp³-hybridized carbons (Fsp3) is 0.529. The van der Waals surface area contributed by atoms with E-state index in [0.29, 0.717) is 12.4 Å². The zero-order valence-corrected chi connectivity index (χ0v) is 14.5. The molecule has 0 aliphatic carbocycles. The van der Waals surface area contributed by atoms with Gasteiger partial charge in [-0.15, -0.1) is 11.8 Å². The van der Waals surface area contributed by atoms with Gasteiger partial charge in [0.15, 0.2) is 0 Å². The van der Waals surface area contributed by atoms with Gasteiger partial charge in [-0.05, 0) is 44.0 Å². The van der Waals surface area contributed by atoms with E-state index in [1.54, 1.807) is 6.92 Å². The van der Waals surface area contributed by atoms with Crippen LogP contribution in [0.15, 0.2) is 29.2 Å². The Bertz CT molecular complexity index is 525. The molecule has 1 N–H and O–H groups in total. The van der Waals surface area contributed by atoms with E-state index in [9.17, 15) is 9.59 Å². The predicted octanol–water partition coefficient (Wildman–Crippen LogP) is 2.30. The van der Waals surface area contributed by atoms with Crippen molar-refractivity contribution in [3.63, 3.8) is 0 Å². The number of likely N-dealkylation sites (tertiary alicyclic amines) is 1. The van der Waals surface area contributed by atoms with Gasteiger partial charge in [0.2, 0.25) is 11.8 Å². The molecule has 1 saturated heterocycles. The number of carbonyl (C=O) groups excluding carboxylic acids is 2. The minimum atomic E-state index is 0.0464. The van der Waals surface area contributed by atoms with Crippen molar-refractivity contribution >= 4 is 23.6 Å². The number of nitrogens with zero attached hydrogens (tertiary/aromatic N) is 1. The maximum atomic E-state index is 12.0. The van der Waals surface area contributed by atoms with Crippen molar-refractivity contribution in [2.75, 3.05) is 25.4 Å². The van der Waals surface area contributed by atoms with E-state index in [-0.39, 0.29) is 17.9 Å². The van der Waals surface area contributed by atoms with Crippen LogP contribution in [0.4, 0.5) is 0 Å². The lowest BCUT2D eigenvalue weighted by atomic mass is 10.1. The summed E-state index contributed by atoms with van der Waals surface area (Å²) in [6, 6.07) is 7.95. The summed E-state index contributed by atoms with van der Waals surface area (Å²) in [5.74, 6) is 1.41. The minimum absolute atomic E-state index is 0.0464. The summed E-state index contributed by atoms with van der Waals surface area (Å²) in [6.07, 6.45) is 1.66. The van der Waals surface area contributed by atoms with E-state index in [2.05, 4.69) is 5.32 Å². The van der Waals surface area contributed by atoms with E-state index < -0.39 is 0 Å². The number of rotatable bonds is 6. The molecule has 1 aromatic carbocycles. The highest BCUT2D eigenvalue weighted by atomic mass is 32.2. The average molecular weight is 336 g/mol. The van der Waals surface area contributed by atoms with Gasteiger partial charge in [-0.1, -0.05) is 0 Å². The van der Waals surface area contributed by atoms with Crippen LogP contribution in [0.5, 0.6) is 5.75 Å². The van der Waals surface area contributed by atoms with Crippen LogP contribution >= 0.6 is 11.8 Å². The highest BCUT2D eigenvalue weighted by molar-refractivity contribution is 8.00. The average Bonchev–Trinajstić information content (AvgIpc) is 2.55. The fourth-order valence-corrected chi connectivity index (χ4v) is 3.27. The second-order valence-corrected chi connectivity index (χ2v) is 6.59. The number of thioether (sulfide) groups is 1. The molecular weight excluding hydrogens is 312 g/mol. The molecule has 0 radical (unpaired) electrons. The van der Waals surface area contributed by atoms with Gasteiger partial charge in [-0.3, -0.25) is 9.59 Å². The van der Waals surface area contributed by atoms with Crippen molar-refractivity contribution in [2.24, 2.45) is 0 Å². The van der Waals surface area contributed by atoms with Gasteiger partial charge < -0.3 is 15.0 Å². The molecule has 2 amide bonds. The Kier molecular flexibility index (Phi) is 6.77. The Morgan fingerprint density at radius 1 is 1.26 bits per heavy atom. The van der Waals surface area contributed by atoms with E-state index >= 15 is 0 Å². The van der Waals surface area contributed by atoms with Crippen LogP contribution < -0.4 is 10.1 Å². The Balaban J connectivity index is 1.70. The molecule has 126 valence electrons. The Morgan fingerprint density at radius 2 is 1.91 bits per heavy atom. The number of hydrogen-bond donors (Lipinski definition) is 1. The molecule has 6 heteroatoms. The van der Waals surface area contributed by atoms with Crippen LogP contribution in [0.25, 0.3) is 0 Å². The molecule has 0 bridgehead atoms. The van der Waals surface area contributed by atoms with Gasteiger partial charge in [-0.2, -0.15) is 0 Å². The fourth-order valence-electron chi connectivity index (χ4n) is 2.56. The normalized spacial score (nSPS) is 15.3. The molecule has 0 unspecified atom stereocenters. The summed E-state index contributed by atoms with van der Waals surface area (Å²) in [7, 11) is 0. The van der Waals surface area contributed by atoms with E-state index in [1.807, 2.05) is 36.1 Å². The number of carbonyl (C=O) groups is 2. The maximum absolute atomic E-state index is 12.0. The molecule has 1 aromatic rings. The monoisotopic (exact) mass is 336 g/mol. The molecule has 5 nitrogen and oxygen atoms in total.